The van der Waals surface area contributed by atoms with Crippen LogP contribution in [0.3, 0.4) is 0 Å². The minimum Gasteiger partial charge on any atom is -0.463 e. The van der Waals surface area contributed by atoms with E-state index in [1.54, 1.807) is 35.3 Å². The molecular weight excluding hydrogens is 397 g/mol. The lowest BCUT2D eigenvalue weighted by Gasteiger charge is -2.13. The molecule has 0 saturated carbocycles. The van der Waals surface area contributed by atoms with E-state index in [9.17, 15) is 18.0 Å². The smallest absolute Gasteiger partial charge is 0.416 e. The maximum Gasteiger partial charge on any atom is 0.416 e. The number of carbonyl (C=O) groups is 1. The molecule has 9 heteroatoms. The summed E-state index contributed by atoms with van der Waals surface area (Å²) in [6, 6.07) is 8.39. The Bertz CT molecular complexity index is 1140. The highest BCUT2D eigenvalue weighted by Gasteiger charge is 2.30. The predicted octanol–water partition coefficient (Wildman–Crippen LogP) is 4.32. The van der Waals surface area contributed by atoms with E-state index in [0.717, 1.165) is 12.1 Å². The summed E-state index contributed by atoms with van der Waals surface area (Å²) in [5.74, 6) is -0.306. The molecule has 3 aromatic heterocycles. The molecule has 0 fully saturated rings. The van der Waals surface area contributed by atoms with Gasteiger partial charge >= 0.3 is 6.18 Å². The number of fused-ring (bicyclic) bond motifs is 1. The van der Waals surface area contributed by atoms with Gasteiger partial charge in [-0.3, -0.25) is 4.79 Å². The zero-order chi connectivity index (χ0) is 21.1. The first-order chi connectivity index (χ1) is 14.4. The number of imidazole rings is 1. The van der Waals surface area contributed by atoms with Crippen LogP contribution in [-0.4, -0.2) is 26.6 Å². The third kappa shape index (κ3) is 4.24. The standard InChI is InChI=1S/C21H19F3N4O2/c22-21(23,24)16-4-1-3-15(11-16)13-28-17-5-10-30-19(17)12-18(28)20(29)26-6-2-8-27-9-7-25-14-27/h1,3-5,7,9-12,14H,2,6,8,13H2,(H,26,29). The van der Waals surface area contributed by atoms with Crippen LogP contribution in [0.2, 0.25) is 0 Å². The van der Waals surface area contributed by atoms with E-state index in [1.165, 1.54) is 12.3 Å². The molecule has 0 spiro atoms. The van der Waals surface area contributed by atoms with E-state index in [1.807, 2.05) is 10.8 Å². The second-order valence-electron chi connectivity index (χ2n) is 6.89. The van der Waals surface area contributed by atoms with Crippen molar-refractivity contribution >= 4 is 17.0 Å². The number of benzene rings is 1. The molecule has 0 aliphatic heterocycles. The molecule has 30 heavy (non-hydrogen) atoms. The second-order valence-corrected chi connectivity index (χ2v) is 6.89. The fraction of sp³-hybridized carbons (Fsp3) is 0.238. The zero-order valence-corrected chi connectivity index (χ0v) is 15.9. The number of nitrogens with zero attached hydrogens (tertiary/aromatic N) is 3. The second kappa shape index (κ2) is 8.10. The average Bonchev–Trinajstić information content (AvgIpc) is 3.44. The molecule has 1 aromatic carbocycles. The Morgan fingerprint density at radius 1 is 1.20 bits per heavy atom. The van der Waals surface area contributed by atoms with Gasteiger partial charge in [-0.15, -0.1) is 0 Å². The molecule has 0 unspecified atom stereocenters. The molecule has 4 aromatic rings. The van der Waals surface area contributed by atoms with E-state index >= 15 is 0 Å². The normalized spacial score (nSPS) is 11.8. The number of halogens is 3. The number of aryl methyl sites for hydroxylation is 1. The van der Waals surface area contributed by atoms with Gasteiger partial charge in [0.15, 0.2) is 5.58 Å². The molecule has 1 amide bonds. The number of hydrogen-bond acceptors (Lipinski definition) is 3. The van der Waals surface area contributed by atoms with E-state index in [0.29, 0.717) is 41.9 Å². The number of carbonyl (C=O) groups excluding carboxylic acids is 1. The number of nitrogens with one attached hydrogen (secondary N) is 1. The van der Waals surface area contributed by atoms with E-state index in [4.69, 9.17) is 4.42 Å². The predicted molar refractivity (Wildman–Crippen MR) is 104 cm³/mol. The van der Waals surface area contributed by atoms with Crippen molar-refractivity contribution in [1.82, 2.24) is 19.4 Å². The van der Waals surface area contributed by atoms with Crippen LogP contribution in [0.25, 0.3) is 11.1 Å². The first kappa shape index (κ1) is 19.8. The van der Waals surface area contributed by atoms with Gasteiger partial charge in [-0.2, -0.15) is 13.2 Å². The van der Waals surface area contributed by atoms with Gasteiger partial charge in [0.1, 0.15) is 5.69 Å². The minimum absolute atomic E-state index is 0.116. The van der Waals surface area contributed by atoms with E-state index < -0.39 is 11.7 Å². The van der Waals surface area contributed by atoms with E-state index in [2.05, 4.69) is 10.3 Å². The first-order valence-corrected chi connectivity index (χ1v) is 9.38. The SMILES string of the molecule is O=C(NCCCn1ccnc1)c1cc2occc2n1Cc1cccc(C(F)(F)F)c1. The lowest BCUT2D eigenvalue weighted by atomic mass is 10.1. The fourth-order valence-electron chi connectivity index (χ4n) is 3.34. The zero-order valence-electron chi connectivity index (χ0n) is 15.9. The number of furan rings is 1. The Balaban J connectivity index is 1.51. The number of aromatic nitrogens is 3. The molecule has 0 bridgehead atoms. The van der Waals surface area contributed by atoms with Crippen molar-refractivity contribution in [2.45, 2.75) is 25.7 Å². The van der Waals surface area contributed by atoms with Crippen molar-refractivity contribution in [3.63, 3.8) is 0 Å². The minimum atomic E-state index is -4.42. The lowest BCUT2D eigenvalue weighted by Crippen LogP contribution is -2.27. The fourth-order valence-corrected chi connectivity index (χ4v) is 3.34. The van der Waals surface area contributed by atoms with Crippen molar-refractivity contribution in [3.8, 4) is 0 Å². The highest BCUT2D eigenvalue weighted by molar-refractivity contribution is 5.97. The van der Waals surface area contributed by atoms with Crippen molar-refractivity contribution in [2.24, 2.45) is 0 Å². The quantitative estimate of drug-likeness (QED) is 0.457. The molecule has 6 nitrogen and oxygen atoms in total. The van der Waals surface area contributed by atoms with Gasteiger partial charge < -0.3 is 18.9 Å². The van der Waals surface area contributed by atoms with Gasteiger partial charge in [-0.1, -0.05) is 12.1 Å². The highest BCUT2D eigenvalue weighted by atomic mass is 19.4. The molecular formula is C21H19F3N4O2. The average molecular weight is 416 g/mol. The number of alkyl halides is 3. The summed E-state index contributed by atoms with van der Waals surface area (Å²) in [7, 11) is 0. The largest absolute Gasteiger partial charge is 0.463 e. The van der Waals surface area contributed by atoms with Crippen LogP contribution >= 0.6 is 0 Å². The molecule has 0 aliphatic carbocycles. The number of hydrogen-bond donors (Lipinski definition) is 1. The van der Waals surface area contributed by atoms with Crippen molar-refractivity contribution in [1.29, 1.82) is 0 Å². The Morgan fingerprint density at radius 3 is 2.83 bits per heavy atom. The summed E-state index contributed by atoms with van der Waals surface area (Å²) >= 11 is 0. The Morgan fingerprint density at radius 2 is 2.07 bits per heavy atom. The third-order valence-corrected chi connectivity index (χ3v) is 4.79. The van der Waals surface area contributed by atoms with Gasteiger partial charge in [0, 0.05) is 44.2 Å². The van der Waals surface area contributed by atoms with Crippen LogP contribution in [0, 0.1) is 0 Å². The van der Waals surface area contributed by atoms with Gasteiger partial charge in [-0.25, -0.2) is 4.98 Å². The van der Waals surface area contributed by atoms with Crippen LogP contribution in [0.15, 0.2) is 65.8 Å². The van der Waals surface area contributed by atoms with Crippen LogP contribution in [0.1, 0.15) is 28.0 Å². The summed E-state index contributed by atoms with van der Waals surface area (Å²) in [5.41, 5.74) is 1.21. The van der Waals surface area contributed by atoms with Gasteiger partial charge in [0.05, 0.1) is 23.7 Å². The van der Waals surface area contributed by atoms with Crippen molar-refractivity contribution in [2.75, 3.05) is 6.54 Å². The first-order valence-electron chi connectivity index (χ1n) is 9.38. The summed E-state index contributed by atoms with van der Waals surface area (Å²) in [6.45, 7) is 1.28. The van der Waals surface area contributed by atoms with Crippen LogP contribution < -0.4 is 5.32 Å². The Kier molecular flexibility index (Phi) is 5.35. The summed E-state index contributed by atoms with van der Waals surface area (Å²) in [5, 5.41) is 2.86. The monoisotopic (exact) mass is 416 g/mol. The molecule has 1 N–H and O–H groups in total. The van der Waals surface area contributed by atoms with Crippen molar-refractivity contribution in [3.05, 3.63) is 78.2 Å². The third-order valence-electron chi connectivity index (χ3n) is 4.79. The van der Waals surface area contributed by atoms with Crippen LogP contribution in [0.4, 0.5) is 13.2 Å². The molecule has 0 saturated heterocycles. The summed E-state index contributed by atoms with van der Waals surface area (Å²) < 4.78 is 48.1. The van der Waals surface area contributed by atoms with Crippen LogP contribution in [-0.2, 0) is 19.3 Å². The topological polar surface area (TPSA) is 65.0 Å². The maximum atomic E-state index is 13.0. The van der Waals surface area contributed by atoms with Crippen molar-refractivity contribution < 1.29 is 22.4 Å². The molecule has 0 atom stereocenters. The maximum absolute atomic E-state index is 13.0. The summed E-state index contributed by atoms with van der Waals surface area (Å²) in [4.78, 5) is 16.7. The van der Waals surface area contributed by atoms with E-state index in [-0.39, 0.29) is 12.5 Å². The molecule has 156 valence electrons. The Labute approximate surface area is 169 Å². The summed E-state index contributed by atoms with van der Waals surface area (Å²) in [6.07, 6.45) is 3.01. The van der Waals surface area contributed by atoms with Gasteiger partial charge in [-0.05, 0) is 24.1 Å². The molecule has 4 rings (SSSR count). The van der Waals surface area contributed by atoms with Gasteiger partial charge in [0.2, 0.25) is 0 Å². The number of amides is 1. The van der Waals surface area contributed by atoms with Gasteiger partial charge in [0.25, 0.3) is 5.91 Å². The highest BCUT2D eigenvalue weighted by Crippen LogP contribution is 2.30. The molecule has 0 radical (unpaired) electrons. The lowest BCUT2D eigenvalue weighted by molar-refractivity contribution is -0.137. The van der Waals surface area contributed by atoms with Crippen LogP contribution in [0.5, 0.6) is 0 Å². The Hall–Kier alpha value is -3.49. The molecule has 3 heterocycles. The molecule has 0 aliphatic rings. The number of rotatable bonds is 7.